The van der Waals surface area contributed by atoms with Crippen LogP contribution in [0.4, 0.5) is 5.82 Å². The maximum Gasteiger partial charge on any atom is 0.225 e. The quantitative estimate of drug-likeness (QED) is 0.690. The first-order valence-corrected chi connectivity index (χ1v) is 6.92. The van der Waals surface area contributed by atoms with Crippen LogP contribution in [0, 0.1) is 5.92 Å². The van der Waals surface area contributed by atoms with Crippen molar-refractivity contribution in [1.82, 2.24) is 9.78 Å². The molecular weight excluding hydrogens is 258 g/mol. The molecule has 0 aromatic carbocycles. The average molecular weight is 279 g/mol. The molecule has 110 valence electrons. The Morgan fingerprint density at radius 3 is 2.90 bits per heavy atom. The van der Waals surface area contributed by atoms with Crippen LogP contribution in [0.1, 0.15) is 32.1 Å². The first kappa shape index (κ1) is 14.5. The predicted molar refractivity (Wildman–Crippen MR) is 74.6 cm³/mol. The second-order valence-corrected chi connectivity index (χ2v) is 5.29. The van der Waals surface area contributed by atoms with E-state index in [1.165, 1.54) is 0 Å². The lowest BCUT2D eigenvalue weighted by Crippen LogP contribution is -2.28. The molecule has 0 saturated heterocycles. The van der Waals surface area contributed by atoms with Crippen molar-refractivity contribution in [3.63, 3.8) is 0 Å². The number of nitrogens with zero attached hydrogens (tertiary/aromatic N) is 2. The maximum absolute atomic E-state index is 11.9. The Balaban J connectivity index is 1.80. The number of nitrogens with one attached hydrogen (secondary N) is 1. The Hall–Kier alpha value is -1.89. The molecule has 7 nitrogen and oxygen atoms in total. The number of hydrogen-bond acceptors (Lipinski definition) is 4. The monoisotopic (exact) mass is 279 g/mol. The Bertz CT molecular complexity index is 485. The number of aryl methyl sites for hydroxylation is 1. The number of amides is 2. The summed E-state index contributed by atoms with van der Waals surface area (Å²) in [6.07, 6.45) is 5.49. The molecule has 2 atom stereocenters. The van der Waals surface area contributed by atoms with Crippen LogP contribution in [0.25, 0.3) is 0 Å². The van der Waals surface area contributed by atoms with E-state index in [9.17, 15) is 9.59 Å². The minimum absolute atomic E-state index is 0.0625. The van der Waals surface area contributed by atoms with Crippen molar-refractivity contribution in [2.75, 3.05) is 5.32 Å². The molecule has 0 aliphatic heterocycles. The lowest BCUT2D eigenvalue weighted by Gasteiger charge is -2.13. The van der Waals surface area contributed by atoms with Gasteiger partial charge < -0.3 is 16.8 Å². The molecule has 1 aliphatic carbocycles. The Morgan fingerprint density at radius 1 is 1.45 bits per heavy atom. The van der Waals surface area contributed by atoms with E-state index in [0.29, 0.717) is 18.8 Å². The molecule has 1 saturated carbocycles. The molecule has 0 bridgehead atoms. The van der Waals surface area contributed by atoms with E-state index in [4.69, 9.17) is 11.5 Å². The van der Waals surface area contributed by atoms with E-state index >= 15 is 0 Å². The number of hydrogen-bond donors (Lipinski definition) is 3. The zero-order valence-corrected chi connectivity index (χ0v) is 11.4. The topological polar surface area (TPSA) is 116 Å². The Morgan fingerprint density at radius 2 is 2.25 bits per heavy atom. The van der Waals surface area contributed by atoms with Crippen LogP contribution < -0.4 is 16.8 Å². The first-order chi connectivity index (χ1) is 9.54. The van der Waals surface area contributed by atoms with Crippen LogP contribution in [0.3, 0.4) is 0 Å². The standard InChI is InChI=1S/C13H21N5O2/c14-10-3-1-2-9(10)8-13(20)16-12-5-7-18(17-12)6-4-11(15)19/h5,7,9-10H,1-4,6,8,14H2,(H2,15,19)(H,16,17,20)/t9-,10+/m0/s1. The Labute approximate surface area is 117 Å². The van der Waals surface area contributed by atoms with Gasteiger partial charge in [-0.3, -0.25) is 14.3 Å². The van der Waals surface area contributed by atoms with E-state index in [-0.39, 0.29) is 30.2 Å². The molecular formula is C13H21N5O2. The van der Waals surface area contributed by atoms with Crippen molar-refractivity contribution >= 4 is 17.6 Å². The van der Waals surface area contributed by atoms with E-state index in [0.717, 1.165) is 19.3 Å². The number of rotatable bonds is 6. The fourth-order valence-corrected chi connectivity index (χ4v) is 2.53. The van der Waals surface area contributed by atoms with E-state index in [1.54, 1.807) is 16.9 Å². The van der Waals surface area contributed by atoms with Crippen molar-refractivity contribution in [2.24, 2.45) is 17.4 Å². The second kappa shape index (κ2) is 6.51. The van der Waals surface area contributed by atoms with Crippen molar-refractivity contribution in [3.8, 4) is 0 Å². The smallest absolute Gasteiger partial charge is 0.225 e. The van der Waals surface area contributed by atoms with Crippen LogP contribution >= 0.6 is 0 Å². The van der Waals surface area contributed by atoms with E-state index in [2.05, 4.69) is 10.4 Å². The van der Waals surface area contributed by atoms with Gasteiger partial charge in [-0.25, -0.2) is 0 Å². The van der Waals surface area contributed by atoms with Gasteiger partial charge in [0.05, 0.1) is 0 Å². The fraction of sp³-hybridized carbons (Fsp3) is 0.615. The normalized spacial score (nSPS) is 21.9. The third-order valence-electron chi connectivity index (χ3n) is 3.66. The highest BCUT2D eigenvalue weighted by molar-refractivity contribution is 5.89. The third kappa shape index (κ3) is 4.06. The summed E-state index contributed by atoms with van der Waals surface area (Å²) in [7, 11) is 0. The SMILES string of the molecule is NC(=O)CCn1ccc(NC(=O)C[C@@H]2CCC[C@H]2N)n1. The summed E-state index contributed by atoms with van der Waals surface area (Å²) in [5.41, 5.74) is 11.0. The van der Waals surface area contributed by atoms with Gasteiger partial charge in [0.15, 0.2) is 5.82 Å². The number of primary amides is 1. The molecule has 1 aromatic rings. The molecule has 5 N–H and O–H groups in total. The molecule has 2 amide bonds. The lowest BCUT2D eigenvalue weighted by molar-refractivity contribution is -0.118. The molecule has 1 aliphatic rings. The number of nitrogens with two attached hydrogens (primary N) is 2. The van der Waals surface area contributed by atoms with Gasteiger partial charge in [0.1, 0.15) is 0 Å². The fourth-order valence-electron chi connectivity index (χ4n) is 2.53. The molecule has 1 fully saturated rings. The second-order valence-electron chi connectivity index (χ2n) is 5.29. The molecule has 0 radical (unpaired) electrons. The van der Waals surface area contributed by atoms with Crippen LogP contribution in [0.2, 0.25) is 0 Å². The molecule has 0 spiro atoms. The highest BCUT2D eigenvalue weighted by Crippen LogP contribution is 2.26. The van der Waals surface area contributed by atoms with Gasteiger partial charge in [-0.2, -0.15) is 5.10 Å². The summed E-state index contributed by atoms with van der Waals surface area (Å²) in [6, 6.07) is 1.84. The van der Waals surface area contributed by atoms with Crippen molar-refractivity contribution in [2.45, 2.75) is 44.7 Å². The number of anilines is 1. The maximum atomic E-state index is 11.9. The van der Waals surface area contributed by atoms with Crippen LogP contribution in [-0.2, 0) is 16.1 Å². The summed E-state index contributed by atoms with van der Waals surface area (Å²) in [6.45, 7) is 0.415. The van der Waals surface area contributed by atoms with Gasteiger partial charge in [0, 0.05) is 37.7 Å². The highest BCUT2D eigenvalue weighted by Gasteiger charge is 2.26. The number of aromatic nitrogens is 2. The Kier molecular flexibility index (Phi) is 4.73. The molecule has 1 aromatic heterocycles. The molecule has 1 heterocycles. The van der Waals surface area contributed by atoms with Gasteiger partial charge in [-0.05, 0) is 18.8 Å². The van der Waals surface area contributed by atoms with Crippen LogP contribution in [0.5, 0.6) is 0 Å². The minimum Gasteiger partial charge on any atom is -0.370 e. The number of carbonyl (C=O) groups is 2. The predicted octanol–water partition coefficient (Wildman–Crippen LogP) is 0.214. The summed E-state index contributed by atoms with van der Waals surface area (Å²) < 4.78 is 1.58. The molecule has 2 rings (SSSR count). The molecule has 7 heteroatoms. The number of carbonyl (C=O) groups excluding carboxylic acids is 2. The zero-order valence-electron chi connectivity index (χ0n) is 11.4. The summed E-state index contributed by atoms with van der Waals surface area (Å²) in [5.74, 6) is 0.326. The average Bonchev–Trinajstić information content (AvgIpc) is 2.97. The lowest BCUT2D eigenvalue weighted by atomic mass is 10.00. The van der Waals surface area contributed by atoms with Gasteiger partial charge in [-0.1, -0.05) is 6.42 Å². The largest absolute Gasteiger partial charge is 0.370 e. The van der Waals surface area contributed by atoms with Crippen molar-refractivity contribution in [3.05, 3.63) is 12.3 Å². The highest BCUT2D eigenvalue weighted by atomic mass is 16.2. The van der Waals surface area contributed by atoms with Gasteiger partial charge in [0.25, 0.3) is 0 Å². The van der Waals surface area contributed by atoms with Crippen LogP contribution in [-0.4, -0.2) is 27.6 Å². The van der Waals surface area contributed by atoms with Gasteiger partial charge >= 0.3 is 0 Å². The minimum atomic E-state index is -0.374. The molecule has 20 heavy (non-hydrogen) atoms. The first-order valence-electron chi connectivity index (χ1n) is 6.92. The van der Waals surface area contributed by atoms with Gasteiger partial charge in [0.2, 0.25) is 11.8 Å². The van der Waals surface area contributed by atoms with E-state index in [1.807, 2.05) is 0 Å². The summed E-state index contributed by atoms with van der Waals surface area (Å²) >= 11 is 0. The summed E-state index contributed by atoms with van der Waals surface area (Å²) in [5, 5.41) is 6.92. The van der Waals surface area contributed by atoms with Crippen molar-refractivity contribution in [1.29, 1.82) is 0 Å². The van der Waals surface area contributed by atoms with Gasteiger partial charge in [-0.15, -0.1) is 0 Å². The molecule has 0 unspecified atom stereocenters. The van der Waals surface area contributed by atoms with Crippen LogP contribution in [0.15, 0.2) is 12.3 Å². The van der Waals surface area contributed by atoms with E-state index < -0.39 is 0 Å². The van der Waals surface area contributed by atoms with Crippen molar-refractivity contribution < 1.29 is 9.59 Å². The summed E-state index contributed by atoms with van der Waals surface area (Å²) in [4.78, 5) is 22.6. The zero-order chi connectivity index (χ0) is 14.5. The third-order valence-corrected chi connectivity index (χ3v) is 3.66.